The van der Waals surface area contributed by atoms with Gasteiger partial charge in [0.15, 0.2) is 10.6 Å². The van der Waals surface area contributed by atoms with E-state index in [0.717, 1.165) is 27.4 Å². The molecule has 160 valence electrons. The Morgan fingerprint density at radius 2 is 1.78 bits per heavy atom. The van der Waals surface area contributed by atoms with Gasteiger partial charge in [-0.15, -0.1) is 11.3 Å². The number of ether oxygens (including phenoxy) is 1. The highest BCUT2D eigenvalue weighted by molar-refractivity contribution is 7.07. The van der Waals surface area contributed by atoms with Crippen molar-refractivity contribution in [2.45, 2.75) is 6.92 Å². The molecule has 1 amide bonds. The molecular weight excluding hydrogens is 442 g/mol. The van der Waals surface area contributed by atoms with Crippen LogP contribution in [0.5, 0.6) is 5.75 Å². The molecule has 4 aromatic rings. The van der Waals surface area contributed by atoms with Gasteiger partial charge in [-0.3, -0.25) is 9.36 Å². The highest BCUT2D eigenvalue weighted by Crippen LogP contribution is 2.43. The zero-order valence-electron chi connectivity index (χ0n) is 17.4. The van der Waals surface area contributed by atoms with E-state index in [2.05, 4.69) is 9.95 Å². The van der Waals surface area contributed by atoms with Gasteiger partial charge in [-0.25, -0.2) is 4.99 Å². The molecule has 2 heterocycles. The van der Waals surface area contributed by atoms with Crippen LogP contribution in [0.25, 0.3) is 16.9 Å². The number of fused-ring (bicyclic) bond motifs is 1. The van der Waals surface area contributed by atoms with E-state index in [0.29, 0.717) is 29.6 Å². The lowest BCUT2D eigenvalue weighted by Crippen LogP contribution is -2.36. The Balaban J connectivity index is 1.77. The number of para-hydroxylation sites is 2. The van der Waals surface area contributed by atoms with Gasteiger partial charge in [-0.1, -0.05) is 48.0 Å². The van der Waals surface area contributed by atoms with E-state index in [4.69, 9.17) is 21.3 Å². The smallest absolute Gasteiger partial charge is 0.224 e. The predicted octanol–water partition coefficient (Wildman–Crippen LogP) is 5.84. The Morgan fingerprint density at radius 3 is 2.50 bits per heavy atom. The molecule has 1 aliphatic rings. The summed E-state index contributed by atoms with van der Waals surface area (Å²) in [6.45, 7) is 2.48. The van der Waals surface area contributed by atoms with Gasteiger partial charge in [-0.05, 0) is 36.4 Å². The fourth-order valence-corrected chi connectivity index (χ4v) is 4.95. The summed E-state index contributed by atoms with van der Waals surface area (Å²) in [7, 11) is 0. The zero-order chi connectivity index (χ0) is 22.1. The molecule has 0 spiro atoms. The first-order valence-electron chi connectivity index (χ1n) is 10.2. The van der Waals surface area contributed by atoms with Gasteiger partial charge in [0.1, 0.15) is 6.61 Å². The van der Waals surface area contributed by atoms with Crippen LogP contribution in [0.1, 0.15) is 6.92 Å². The molecule has 32 heavy (non-hydrogen) atoms. The average Bonchev–Trinajstić information content (AvgIpc) is 3.22. The highest BCUT2D eigenvalue weighted by atomic mass is 35.5. The monoisotopic (exact) mass is 461 g/mol. The summed E-state index contributed by atoms with van der Waals surface area (Å²) >= 11 is 8.06. The molecular formula is C25H20ClN3O2S. The number of thiazole rings is 1. The fraction of sp³-hybridized carbons (Fsp3) is 0.120. The molecule has 1 aliphatic heterocycles. The van der Waals surface area contributed by atoms with E-state index >= 15 is 0 Å². The molecule has 0 bridgehead atoms. The molecule has 0 saturated carbocycles. The van der Waals surface area contributed by atoms with E-state index < -0.39 is 0 Å². The van der Waals surface area contributed by atoms with Crippen molar-refractivity contribution in [1.29, 1.82) is 0 Å². The number of rotatable bonds is 3. The molecule has 5 nitrogen and oxygen atoms in total. The van der Waals surface area contributed by atoms with Gasteiger partial charge in [0.25, 0.3) is 0 Å². The summed E-state index contributed by atoms with van der Waals surface area (Å²) in [6.07, 6.45) is 0. The van der Waals surface area contributed by atoms with E-state index in [1.807, 2.05) is 66.7 Å². The van der Waals surface area contributed by atoms with Crippen LogP contribution in [0.15, 0.2) is 83.2 Å². The number of anilines is 1. The quantitative estimate of drug-likeness (QED) is 0.385. The lowest BCUT2D eigenvalue weighted by atomic mass is 10.1. The van der Waals surface area contributed by atoms with Crippen molar-refractivity contribution in [2.24, 2.45) is 4.99 Å². The number of benzene rings is 3. The Labute approximate surface area is 194 Å². The lowest BCUT2D eigenvalue weighted by Gasteiger charge is -2.30. The summed E-state index contributed by atoms with van der Waals surface area (Å²) in [5.41, 5.74) is 4.27. The summed E-state index contributed by atoms with van der Waals surface area (Å²) in [5, 5.41) is 2.60. The van der Waals surface area contributed by atoms with Crippen molar-refractivity contribution in [3.8, 4) is 22.7 Å². The van der Waals surface area contributed by atoms with Crippen LogP contribution in [0.2, 0.25) is 5.02 Å². The molecule has 0 radical (unpaired) electrons. The first kappa shape index (κ1) is 20.5. The third kappa shape index (κ3) is 3.83. The van der Waals surface area contributed by atoms with Gasteiger partial charge in [0.05, 0.1) is 23.6 Å². The van der Waals surface area contributed by atoms with Crippen LogP contribution >= 0.6 is 22.9 Å². The number of halogens is 1. The minimum absolute atomic E-state index is 0.0382. The summed E-state index contributed by atoms with van der Waals surface area (Å²) in [6, 6.07) is 23.6. The second-order valence-corrected chi connectivity index (χ2v) is 8.62. The fourth-order valence-electron chi connectivity index (χ4n) is 3.83. The molecule has 1 aromatic heterocycles. The number of hydrogen-bond acceptors (Lipinski definition) is 4. The van der Waals surface area contributed by atoms with E-state index in [1.165, 1.54) is 0 Å². The average molecular weight is 462 g/mol. The minimum Gasteiger partial charge on any atom is -0.489 e. The molecule has 3 aromatic carbocycles. The standard InChI is InChI=1S/C25H20ClN3O2S/c1-17(30)28-12-13-31-24-21(14-18(26)15-22(24)28)23-16-32-25(27-19-8-4-2-5-9-19)29(23)20-10-6-3-7-11-20/h2-11,14-16H,12-13H2,1H3. The summed E-state index contributed by atoms with van der Waals surface area (Å²) in [4.78, 5) is 19.6. The second kappa shape index (κ2) is 8.65. The second-order valence-electron chi connectivity index (χ2n) is 7.34. The number of carbonyl (C=O) groups excluding carboxylic acids is 1. The van der Waals surface area contributed by atoms with Gasteiger partial charge < -0.3 is 9.64 Å². The van der Waals surface area contributed by atoms with Gasteiger partial charge in [0.2, 0.25) is 5.91 Å². The van der Waals surface area contributed by atoms with Crippen LogP contribution < -0.4 is 14.4 Å². The zero-order valence-corrected chi connectivity index (χ0v) is 18.9. The van der Waals surface area contributed by atoms with Crippen LogP contribution in [-0.4, -0.2) is 23.6 Å². The SMILES string of the molecule is CC(=O)N1CCOc2c(-c3csc(=Nc4ccccc4)n3-c3ccccc3)cc(Cl)cc21. The van der Waals surface area contributed by atoms with Crippen molar-refractivity contribution >= 4 is 40.2 Å². The topological polar surface area (TPSA) is 46.8 Å². The summed E-state index contributed by atoms with van der Waals surface area (Å²) < 4.78 is 8.17. The number of carbonyl (C=O) groups is 1. The van der Waals surface area contributed by atoms with Gasteiger partial charge in [0, 0.05) is 28.6 Å². The number of aromatic nitrogens is 1. The Morgan fingerprint density at radius 1 is 1.06 bits per heavy atom. The third-order valence-electron chi connectivity index (χ3n) is 5.25. The highest BCUT2D eigenvalue weighted by Gasteiger charge is 2.26. The minimum atomic E-state index is -0.0382. The number of amides is 1. The van der Waals surface area contributed by atoms with Crippen molar-refractivity contribution in [3.05, 3.63) is 88.0 Å². The van der Waals surface area contributed by atoms with E-state index in [-0.39, 0.29) is 5.91 Å². The first-order valence-corrected chi connectivity index (χ1v) is 11.5. The molecule has 0 saturated heterocycles. The van der Waals surface area contributed by atoms with Gasteiger partial charge >= 0.3 is 0 Å². The van der Waals surface area contributed by atoms with E-state index in [9.17, 15) is 4.79 Å². The molecule has 0 fully saturated rings. The third-order valence-corrected chi connectivity index (χ3v) is 6.29. The lowest BCUT2D eigenvalue weighted by molar-refractivity contribution is -0.116. The number of nitrogens with zero attached hydrogens (tertiary/aromatic N) is 3. The Kier molecular flexibility index (Phi) is 5.55. The van der Waals surface area contributed by atoms with Crippen LogP contribution in [0.3, 0.4) is 0 Å². The molecule has 0 atom stereocenters. The van der Waals surface area contributed by atoms with Crippen LogP contribution in [0, 0.1) is 0 Å². The molecule has 5 rings (SSSR count). The normalized spacial score (nSPS) is 13.6. The summed E-state index contributed by atoms with van der Waals surface area (Å²) in [5.74, 6) is 0.619. The van der Waals surface area contributed by atoms with Crippen molar-refractivity contribution in [3.63, 3.8) is 0 Å². The Hall–Kier alpha value is -3.35. The van der Waals surface area contributed by atoms with Crippen molar-refractivity contribution in [2.75, 3.05) is 18.1 Å². The molecule has 0 unspecified atom stereocenters. The molecule has 0 aliphatic carbocycles. The van der Waals surface area contributed by atoms with Crippen LogP contribution in [-0.2, 0) is 4.79 Å². The van der Waals surface area contributed by atoms with Crippen LogP contribution in [0.4, 0.5) is 11.4 Å². The first-order chi connectivity index (χ1) is 15.6. The molecule has 7 heteroatoms. The largest absolute Gasteiger partial charge is 0.489 e. The van der Waals surface area contributed by atoms with Crippen molar-refractivity contribution in [1.82, 2.24) is 4.57 Å². The maximum atomic E-state index is 12.2. The van der Waals surface area contributed by atoms with E-state index in [1.54, 1.807) is 29.2 Å². The van der Waals surface area contributed by atoms with Crippen molar-refractivity contribution < 1.29 is 9.53 Å². The predicted molar refractivity (Wildman–Crippen MR) is 129 cm³/mol. The number of hydrogen-bond donors (Lipinski definition) is 0. The van der Waals surface area contributed by atoms with Gasteiger partial charge in [-0.2, -0.15) is 0 Å². The maximum absolute atomic E-state index is 12.2. The maximum Gasteiger partial charge on any atom is 0.224 e. The Bertz CT molecular complexity index is 1350. The molecule has 0 N–H and O–H groups in total.